The standard InChI is InChI=1S/C9H16N2O3/c1-9(2,6-14-3)11-5-7(12)10-4-8(11)13/h4-6H2,1-3H3,(H,10,12). The molecule has 1 fully saturated rings. The molecule has 0 aromatic rings. The van der Waals surface area contributed by atoms with Crippen LogP contribution >= 0.6 is 0 Å². The van der Waals surface area contributed by atoms with Gasteiger partial charge in [-0.25, -0.2) is 0 Å². The van der Waals surface area contributed by atoms with E-state index in [0.29, 0.717) is 6.61 Å². The third-order valence-electron chi connectivity index (χ3n) is 2.27. The Morgan fingerprint density at radius 3 is 2.71 bits per heavy atom. The number of piperazine rings is 1. The summed E-state index contributed by atoms with van der Waals surface area (Å²) in [5, 5.41) is 2.50. The second-order valence-electron chi connectivity index (χ2n) is 4.00. The molecule has 0 aromatic carbocycles. The molecule has 1 saturated heterocycles. The number of carbonyl (C=O) groups excluding carboxylic acids is 2. The Morgan fingerprint density at radius 1 is 1.50 bits per heavy atom. The molecule has 14 heavy (non-hydrogen) atoms. The summed E-state index contributed by atoms with van der Waals surface area (Å²) in [6.07, 6.45) is 0. The highest BCUT2D eigenvalue weighted by Crippen LogP contribution is 2.16. The van der Waals surface area contributed by atoms with E-state index in [4.69, 9.17) is 4.74 Å². The average Bonchev–Trinajstić information content (AvgIpc) is 2.09. The summed E-state index contributed by atoms with van der Waals surface area (Å²) in [6.45, 7) is 4.40. The molecule has 0 bridgehead atoms. The summed E-state index contributed by atoms with van der Waals surface area (Å²) in [7, 11) is 1.58. The minimum atomic E-state index is -0.427. The fraction of sp³-hybridized carbons (Fsp3) is 0.778. The molecule has 0 aliphatic carbocycles. The number of rotatable bonds is 3. The van der Waals surface area contributed by atoms with Gasteiger partial charge in [-0.1, -0.05) is 0 Å². The molecule has 0 unspecified atom stereocenters. The molecule has 0 aromatic heterocycles. The second-order valence-corrected chi connectivity index (χ2v) is 4.00. The number of carbonyl (C=O) groups is 2. The van der Waals surface area contributed by atoms with Crippen molar-refractivity contribution < 1.29 is 14.3 Å². The summed E-state index contributed by atoms with van der Waals surface area (Å²) in [5.74, 6) is -0.180. The van der Waals surface area contributed by atoms with Crippen molar-refractivity contribution in [3.8, 4) is 0 Å². The summed E-state index contributed by atoms with van der Waals surface area (Å²) in [4.78, 5) is 24.2. The van der Waals surface area contributed by atoms with E-state index in [1.54, 1.807) is 12.0 Å². The maximum absolute atomic E-state index is 11.5. The fourth-order valence-electron chi connectivity index (χ4n) is 1.54. The zero-order valence-electron chi connectivity index (χ0n) is 8.79. The molecule has 1 aliphatic rings. The summed E-state index contributed by atoms with van der Waals surface area (Å²) >= 11 is 0. The first-order valence-corrected chi connectivity index (χ1v) is 4.53. The van der Waals surface area contributed by atoms with Crippen molar-refractivity contribution >= 4 is 11.8 Å². The lowest BCUT2D eigenvalue weighted by molar-refractivity contribution is -0.147. The van der Waals surface area contributed by atoms with Crippen molar-refractivity contribution in [3.05, 3.63) is 0 Å². The molecule has 5 heteroatoms. The number of ether oxygens (including phenoxy) is 1. The molecule has 0 saturated carbocycles. The molecular formula is C9H16N2O3. The van der Waals surface area contributed by atoms with Crippen molar-refractivity contribution in [2.45, 2.75) is 19.4 Å². The second kappa shape index (κ2) is 3.96. The quantitative estimate of drug-likeness (QED) is 0.660. The Morgan fingerprint density at radius 2 is 2.14 bits per heavy atom. The van der Waals surface area contributed by atoms with Gasteiger partial charge in [0.15, 0.2) is 0 Å². The van der Waals surface area contributed by atoms with Gasteiger partial charge in [-0.05, 0) is 13.8 Å². The van der Waals surface area contributed by atoms with Gasteiger partial charge in [0.25, 0.3) is 0 Å². The van der Waals surface area contributed by atoms with Gasteiger partial charge >= 0.3 is 0 Å². The lowest BCUT2D eigenvalue weighted by atomic mass is 10.0. The van der Waals surface area contributed by atoms with Crippen molar-refractivity contribution in [2.75, 3.05) is 26.8 Å². The maximum Gasteiger partial charge on any atom is 0.242 e. The van der Waals surface area contributed by atoms with E-state index < -0.39 is 5.54 Å². The molecule has 1 N–H and O–H groups in total. The van der Waals surface area contributed by atoms with Gasteiger partial charge in [-0.3, -0.25) is 9.59 Å². The predicted molar refractivity (Wildman–Crippen MR) is 50.7 cm³/mol. The third kappa shape index (κ3) is 2.23. The number of hydrogen-bond donors (Lipinski definition) is 1. The fourth-order valence-corrected chi connectivity index (χ4v) is 1.54. The van der Waals surface area contributed by atoms with Crippen LogP contribution in [0.3, 0.4) is 0 Å². The van der Waals surface area contributed by atoms with Gasteiger partial charge in [0.1, 0.15) is 6.54 Å². The van der Waals surface area contributed by atoms with Gasteiger partial charge in [0.05, 0.1) is 18.7 Å². The Hall–Kier alpha value is -1.10. The SMILES string of the molecule is COCC(C)(C)N1CC(=O)NCC1=O. The molecule has 2 amide bonds. The number of nitrogens with one attached hydrogen (secondary N) is 1. The molecule has 80 valence electrons. The van der Waals surface area contributed by atoms with Gasteiger partial charge in [0, 0.05) is 7.11 Å². The molecule has 1 aliphatic heterocycles. The van der Waals surface area contributed by atoms with E-state index in [9.17, 15) is 9.59 Å². The Bertz CT molecular complexity index is 250. The topological polar surface area (TPSA) is 58.6 Å². The maximum atomic E-state index is 11.5. The van der Waals surface area contributed by atoms with E-state index in [2.05, 4.69) is 5.32 Å². The van der Waals surface area contributed by atoms with E-state index in [1.165, 1.54) is 0 Å². The molecule has 5 nitrogen and oxygen atoms in total. The average molecular weight is 200 g/mol. The first-order valence-electron chi connectivity index (χ1n) is 4.53. The Labute approximate surface area is 83.4 Å². The number of methoxy groups -OCH3 is 1. The van der Waals surface area contributed by atoms with Crippen LogP contribution in [0, 0.1) is 0 Å². The first-order chi connectivity index (χ1) is 6.47. The number of hydrogen-bond acceptors (Lipinski definition) is 3. The van der Waals surface area contributed by atoms with Crippen molar-refractivity contribution in [1.29, 1.82) is 0 Å². The van der Waals surface area contributed by atoms with Crippen LogP contribution in [0.2, 0.25) is 0 Å². The van der Waals surface area contributed by atoms with Gasteiger partial charge < -0.3 is 15.0 Å². The Kier molecular flexibility index (Phi) is 3.10. The van der Waals surface area contributed by atoms with E-state index in [-0.39, 0.29) is 24.9 Å². The monoisotopic (exact) mass is 200 g/mol. The lowest BCUT2D eigenvalue weighted by Gasteiger charge is -2.39. The summed E-state index contributed by atoms with van der Waals surface area (Å²) in [5.41, 5.74) is -0.427. The van der Waals surface area contributed by atoms with Crippen LogP contribution in [-0.4, -0.2) is 49.1 Å². The van der Waals surface area contributed by atoms with Crippen molar-refractivity contribution in [3.63, 3.8) is 0 Å². The minimum absolute atomic E-state index is 0.0633. The van der Waals surface area contributed by atoms with Crippen LogP contribution in [0.1, 0.15) is 13.8 Å². The van der Waals surface area contributed by atoms with Crippen LogP contribution in [-0.2, 0) is 14.3 Å². The highest BCUT2D eigenvalue weighted by atomic mass is 16.5. The zero-order valence-corrected chi connectivity index (χ0v) is 8.79. The summed E-state index contributed by atoms with van der Waals surface area (Å²) < 4.78 is 5.02. The summed E-state index contributed by atoms with van der Waals surface area (Å²) in [6, 6.07) is 0. The molecular weight excluding hydrogens is 184 g/mol. The van der Waals surface area contributed by atoms with E-state index >= 15 is 0 Å². The van der Waals surface area contributed by atoms with Gasteiger partial charge in [0.2, 0.25) is 11.8 Å². The van der Waals surface area contributed by atoms with Crippen LogP contribution < -0.4 is 5.32 Å². The van der Waals surface area contributed by atoms with Crippen LogP contribution in [0.15, 0.2) is 0 Å². The van der Waals surface area contributed by atoms with E-state index in [1.807, 2.05) is 13.8 Å². The van der Waals surface area contributed by atoms with E-state index in [0.717, 1.165) is 0 Å². The molecule has 0 radical (unpaired) electrons. The van der Waals surface area contributed by atoms with Crippen molar-refractivity contribution in [1.82, 2.24) is 10.2 Å². The largest absolute Gasteiger partial charge is 0.382 e. The minimum Gasteiger partial charge on any atom is -0.382 e. The first kappa shape index (κ1) is 11.0. The highest BCUT2D eigenvalue weighted by molar-refractivity contribution is 5.92. The molecule has 0 spiro atoms. The van der Waals surface area contributed by atoms with Gasteiger partial charge in [-0.15, -0.1) is 0 Å². The third-order valence-corrected chi connectivity index (χ3v) is 2.27. The smallest absolute Gasteiger partial charge is 0.242 e. The van der Waals surface area contributed by atoms with Crippen LogP contribution in [0.5, 0.6) is 0 Å². The Balaban J connectivity index is 2.73. The highest BCUT2D eigenvalue weighted by Gasteiger charge is 2.34. The normalized spacial score (nSPS) is 18.4. The molecule has 1 heterocycles. The predicted octanol–water partition coefficient (Wildman–Crippen LogP) is -0.630. The van der Waals surface area contributed by atoms with Crippen LogP contribution in [0.25, 0.3) is 0 Å². The van der Waals surface area contributed by atoms with Crippen LogP contribution in [0.4, 0.5) is 0 Å². The lowest BCUT2D eigenvalue weighted by Crippen LogP contribution is -2.60. The zero-order chi connectivity index (χ0) is 10.8. The van der Waals surface area contributed by atoms with Crippen molar-refractivity contribution in [2.24, 2.45) is 0 Å². The van der Waals surface area contributed by atoms with Gasteiger partial charge in [-0.2, -0.15) is 0 Å². The molecule has 0 atom stereocenters. The molecule has 1 rings (SSSR count). The number of nitrogens with zero attached hydrogens (tertiary/aromatic N) is 1. The number of amides is 2.